The van der Waals surface area contributed by atoms with Crippen LogP contribution < -0.4 is 4.90 Å². The summed E-state index contributed by atoms with van der Waals surface area (Å²) in [7, 11) is 1.69. The summed E-state index contributed by atoms with van der Waals surface area (Å²) in [6.07, 6.45) is 0. The van der Waals surface area contributed by atoms with E-state index in [-0.39, 0.29) is 17.0 Å². The van der Waals surface area contributed by atoms with Gasteiger partial charge in [-0.25, -0.2) is 0 Å². The monoisotopic (exact) mass is 312 g/mol. The number of carbonyl (C=O) groups is 1. The van der Waals surface area contributed by atoms with Gasteiger partial charge in [0.25, 0.3) is 11.6 Å². The van der Waals surface area contributed by atoms with Crippen molar-refractivity contribution in [3.63, 3.8) is 0 Å². The average molecular weight is 312 g/mol. The van der Waals surface area contributed by atoms with Gasteiger partial charge < -0.3 is 4.90 Å². The van der Waals surface area contributed by atoms with Crippen molar-refractivity contribution in [1.82, 2.24) is 0 Å². The number of hydrogen-bond acceptors (Lipinski definition) is 3. The first-order chi connectivity index (χ1) is 10.7. The van der Waals surface area contributed by atoms with E-state index in [9.17, 15) is 14.9 Å². The molecule has 0 heterocycles. The highest BCUT2D eigenvalue weighted by molar-refractivity contribution is 6.05. The fraction of sp³-hybridized carbons (Fsp3) is 0.278. The third-order valence-corrected chi connectivity index (χ3v) is 3.75. The van der Waals surface area contributed by atoms with Crippen molar-refractivity contribution in [2.24, 2.45) is 0 Å². The van der Waals surface area contributed by atoms with Crippen LogP contribution in [0, 0.1) is 10.1 Å². The maximum Gasteiger partial charge on any atom is 0.269 e. The highest BCUT2D eigenvalue weighted by Gasteiger charge is 2.17. The Hall–Kier alpha value is -2.69. The van der Waals surface area contributed by atoms with Crippen molar-refractivity contribution < 1.29 is 9.72 Å². The van der Waals surface area contributed by atoms with Gasteiger partial charge in [0.05, 0.1) is 4.92 Å². The minimum atomic E-state index is -0.483. The number of anilines is 1. The van der Waals surface area contributed by atoms with Gasteiger partial charge in [-0.05, 0) is 35.2 Å². The standard InChI is InChI=1S/C18H20N2O3/c1-18(2,3)14-7-11-15(12-8-14)19(4)17(21)13-5-9-16(10-6-13)20(22)23/h5-12H,1-4H3. The van der Waals surface area contributed by atoms with E-state index in [1.807, 2.05) is 24.3 Å². The Labute approximate surface area is 135 Å². The quantitative estimate of drug-likeness (QED) is 0.631. The van der Waals surface area contributed by atoms with E-state index >= 15 is 0 Å². The molecule has 0 fully saturated rings. The molecule has 0 aliphatic carbocycles. The molecule has 0 aliphatic heterocycles. The van der Waals surface area contributed by atoms with Gasteiger partial charge in [0.2, 0.25) is 0 Å². The van der Waals surface area contributed by atoms with Gasteiger partial charge >= 0.3 is 0 Å². The summed E-state index contributed by atoms with van der Waals surface area (Å²) < 4.78 is 0. The lowest BCUT2D eigenvalue weighted by Crippen LogP contribution is -2.26. The number of hydrogen-bond donors (Lipinski definition) is 0. The minimum Gasteiger partial charge on any atom is -0.311 e. The Balaban J connectivity index is 2.20. The summed E-state index contributed by atoms with van der Waals surface area (Å²) in [4.78, 5) is 24.2. The molecule has 0 saturated carbocycles. The lowest BCUT2D eigenvalue weighted by molar-refractivity contribution is -0.384. The zero-order valence-electron chi connectivity index (χ0n) is 13.7. The maximum absolute atomic E-state index is 12.5. The van der Waals surface area contributed by atoms with Crippen LogP contribution in [0.15, 0.2) is 48.5 Å². The highest BCUT2D eigenvalue weighted by atomic mass is 16.6. The third-order valence-electron chi connectivity index (χ3n) is 3.75. The average Bonchev–Trinajstić information content (AvgIpc) is 2.53. The van der Waals surface area contributed by atoms with Crippen molar-refractivity contribution in [3.8, 4) is 0 Å². The molecule has 120 valence electrons. The number of benzene rings is 2. The smallest absolute Gasteiger partial charge is 0.269 e. The summed E-state index contributed by atoms with van der Waals surface area (Å²) in [5.74, 6) is -0.205. The molecule has 0 radical (unpaired) electrons. The second-order valence-corrected chi connectivity index (χ2v) is 6.47. The number of nitro benzene ring substituents is 1. The zero-order valence-corrected chi connectivity index (χ0v) is 13.7. The number of amides is 1. The topological polar surface area (TPSA) is 63.5 Å². The molecule has 0 spiro atoms. The minimum absolute atomic E-state index is 0.0290. The second-order valence-electron chi connectivity index (χ2n) is 6.47. The molecule has 2 rings (SSSR count). The predicted octanol–water partition coefficient (Wildman–Crippen LogP) is 4.17. The van der Waals surface area contributed by atoms with Crippen molar-refractivity contribution in [3.05, 3.63) is 69.8 Å². The van der Waals surface area contributed by atoms with Gasteiger partial charge in [-0.1, -0.05) is 32.9 Å². The molecule has 2 aromatic rings. The molecule has 0 saturated heterocycles. The molecule has 0 unspecified atom stereocenters. The van der Waals surface area contributed by atoms with Gasteiger partial charge in [-0.15, -0.1) is 0 Å². The van der Waals surface area contributed by atoms with E-state index in [4.69, 9.17) is 0 Å². The first-order valence-electron chi connectivity index (χ1n) is 7.33. The lowest BCUT2D eigenvalue weighted by Gasteiger charge is -2.22. The molecular weight excluding hydrogens is 292 g/mol. The number of rotatable bonds is 3. The van der Waals surface area contributed by atoms with Crippen molar-refractivity contribution >= 4 is 17.3 Å². The zero-order chi connectivity index (χ0) is 17.2. The molecule has 0 atom stereocenters. The normalized spacial score (nSPS) is 11.1. The number of carbonyl (C=O) groups excluding carboxylic acids is 1. The SMILES string of the molecule is CN(C(=O)c1ccc([N+](=O)[O-])cc1)c1ccc(C(C)(C)C)cc1. The Bertz CT molecular complexity index is 713. The van der Waals surface area contributed by atoms with Crippen LogP contribution in [0.3, 0.4) is 0 Å². The van der Waals surface area contributed by atoms with Crippen LogP contribution in [0.4, 0.5) is 11.4 Å². The van der Waals surface area contributed by atoms with Crippen molar-refractivity contribution in [2.45, 2.75) is 26.2 Å². The van der Waals surface area contributed by atoms with Crippen molar-refractivity contribution in [2.75, 3.05) is 11.9 Å². The lowest BCUT2D eigenvalue weighted by atomic mass is 9.87. The molecule has 5 heteroatoms. The fourth-order valence-corrected chi connectivity index (χ4v) is 2.22. The molecule has 0 bridgehead atoms. The second kappa shape index (κ2) is 6.20. The summed E-state index contributed by atoms with van der Waals surface area (Å²) in [6, 6.07) is 13.5. The van der Waals surface area contributed by atoms with Crippen LogP contribution in [-0.4, -0.2) is 17.9 Å². The van der Waals surface area contributed by atoms with Crippen LogP contribution in [0.25, 0.3) is 0 Å². The van der Waals surface area contributed by atoms with Crippen LogP contribution >= 0.6 is 0 Å². The summed E-state index contributed by atoms with van der Waals surface area (Å²) in [5, 5.41) is 10.7. The van der Waals surface area contributed by atoms with Crippen LogP contribution in [0.5, 0.6) is 0 Å². The number of non-ortho nitro benzene ring substituents is 1. The van der Waals surface area contributed by atoms with Gasteiger partial charge in [-0.3, -0.25) is 14.9 Å². The Morgan fingerprint density at radius 1 is 1.00 bits per heavy atom. The number of nitro groups is 1. The molecule has 5 nitrogen and oxygen atoms in total. The maximum atomic E-state index is 12.5. The number of nitrogens with zero attached hydrogens (tertiary/aromatic N) is 2. The van der Waals surface area contributed by atoms with E-state index in [1.54, 1.807) is 7.05 Å². The molecule has 0 aliphatic rings. The third kappa shape index (κ3) is 3.74. The van der Waals surface area contributed by atoms with E-state index in [0.29, 0.717) is 5.56 Å². The van der Waals surface area contributed by atoms with Gasteiger partial charge in [0.1, 0.15) is 0 Å². The van der Waals surface area contributed by atoms with E-state index in [2.05, 4.69) is 20.8 Å². The Morgan fingerprint density at radius 2 is 1.52 bits per heavy atom. The molecular formula is C18H20N2O3. The highest BCUT2D eigenvalue weighted by Crippen LogP contribution is 2.25. The molecule has 23 heavy (non-hydrogen) atoms. The van der Waals surface area contributed by atoms with Gasteiger partial charge in [0, 0.05) is 30.4 Å². The summed E-state index contributed by atoms with van der Waals surface area (Å²) in [5.41, 5.74) is 2.41. The first kappa shape index (κ1) is 16.7. The molecule has 0 N–H and O–H groups in total. The molecule has 0 aromatic heterocycles. The van der Waals surface area contributed by atoms with E-state index in [0.717, 1.165) is 5.69 Å². The van der Waals surface area contributed by atoms with E-state index in [1.165, 1.54) is 34.7 Å². The van der Waals surface area contributed by atoms with Crippen molar-refractivity contribution in [1.29, 1.82) is 0 Å². The Morgan fingerprint density at radius 3 is 1.96 bits per heavy atom. The predicted molar refractivity (Wildman–Crippen MR) is 91.0 cm³/mol. The van der Waals surface area contributed by atoms with Gasteiger partial charge in [0.15, 0.2) is 0 Å². The molecule has 2 aromatic carbocycles. The summed E-state index contributed by atoms with van der Waals surface area (Å²) >= 11 is 0. The first-order valence-corrected chi connectivity index (χ1v) is 7.33. The van der Waals surface area contributed by atoms with Crippen LogP contribution in [0.1, 0.15) is 36.7 Å². The molecule has 1 amide bonds. The van der Waals surface area contributed by atoms with Gasteiger partial charge in [-0.2, -0.15) is 0 Å². The largest absolute Gasteiger partial charge is 0.311 e. The Kier molecular flexibility index (Phi) is 4.50. The fourth-order valence-electron chi connectivity index (χ4n) is 2.22. The van der Waals surface area contributed by atoms with E-state index < -0.39 is 4.92 Å². The van der Waals surface area contributed by atoms with Crippen LogP contribution in [-0.2, 0) is 5.41 Å². The summed E-state index contributed by atoms with van der Waals surface area (Å²) in [6.45, 7) is 6.40. The van der Waals surface area contributed by atoms with Crippen LogP contribution in [0.2, 0.25) is 0 Å².